The smallest absolute Gasteiger partial charge is 0.145 e. The molecule has 0 radical (unpaired) electrons. The van der Waals surface area contributed by atoms with Crippen molar-refractivity contribution >= 4 is 11.8 Å². The first-order valence-corrected chi connectivity index (χ1v) is 3.90. The van der Waals surface area contributed by atoms with Gasteiger partial charge in [0, 0.05) is 25.0 Å². The Morgan fingerprint density at radius 3 is 3.08 bits per heavy atom. The van der Waals surface area contributed by atoms with E-state index in [2.05, 4.69) is 16.6 Å². The number of hydrogen-bond acceptors (Lipinski definition) is 3. The van der Waals surface area contributed by atoms with Crippen LogP contribution in [0.15, 0.2) is 29.9 Å². The van der Waals surface area contributed by atoms with Crippen LogP contribution in [0.1, 0.15) is 5.69 Å². The molecular formula is C10H12N2O. The summed E-state index contributed by atoms with van der Waals surface area (Å²) in [6.07, 6.45) is 3.36. The van der Waals surface area contributed by atoms with E-state index in [4.69, 9.17) is 4.74 Å². The molecule has 0 amide bonds. The van der Waals surface area contributed by atoms with E-state index in [0.717, 1.165) is 11.3 Å². The van der Waals surface area contributed by atoms with Crippen molar-refractivity contribution in [3.05, 3.63) is 30.6 Å². The molecule has 0 saturated heterocycles. The maximum Gasteiger partial charge on any atom is 0.145 e. The van der Waals surface area contributed by atoms with E-state index in [9.17, 15) is 0 Å². The molecule has 1 heterocycles. The quantitative estimate of drug-likeness (QED) is 0.658. The molecule has 3 heteroatoms. The number of aliphatic imine (C=N–C) groups is 1. The second-order valence-electron chi connectivity index (χ2n) is 2.47. The topological polar surface area (TPSA) is 34.5 Å². The number of nitrogens with zero attached hydrogens (tertiary/aromatic N) is 2. The Hall–Kier alpha value is -1.64. The van der Waals surface area contributed by atoms with Crippen LogP contribution in [0.5, 0.6) is 5.75 Å². The summed E-state index contributed by atoms with van der Waals surface area (Å²) in [6, 6.07) is 3.66. The van der Waals surface area contributed by atoms with Crippen molar-refractivity contribution < 1.29 is 4.74 Å². The number of aromatic nitrogens is 1. The minimum absolute atomic E-state index is 0.715. The molecule has 0 aromatic carbocycles. The molecule has 0 atom stereocenters. The molecular weight excluding hydrogens is 164 g/mol. The zero-order valence-corrected chi connectivity index (χ0v) is 7.82. The number of hydrogen-bond donors (Lipinski definition) is 0. The average molecular weight is 176 g/mol. The van der Waals surface area contributed by atoms with Crippen molar-refractivity contribution in [1.82, 2.24) is 4.98 Å². The molecule has 1 aromatic heterocycles. The van der Waals surface area contributed by atoms with Crippen molar-refractivity contribution in [3.8, 4) is 5.75 Å². The molecule has 13 heavy (non-hydrogen) atoms. The number of pyridine rings is 1. The lowest BCUT2D eigenvalue weighted by atomic mass is 10.2. The molecule has 1 aromatic rings. The van der Waals surface area contributed by atoms with Crippen LogP contribution in [0.3, 0.4) is 0 Å². The normalized spacial score (nSPS) is 10.3. The van der Waals surface area contributed by atoms with Gasteiger partial charge in [-0.05, 0) is 12.1 Å². The summed E-state index contributed by atoms with van der Waals surface area (Å²) in [5.41, 5.74) is 1.48. The lowest BCUT2D eigenvalue weighted by Crippen LogP contribution is -1.94. The van der Waals surface area contributed by atoms with Gasteiger partial charge in [-0.25, -0.2) is 0 Å². The molecule has 68 valence electrons. The van der Waals surface area contributed by atoms with Crippen LogP contribution >= 0.6 is 0 Å². The highest BCUT2D eigenvalue weighted by atomic mass is 16.5. The molecule has 0 bridgehead atoms. The molecule has 0 fully saturated rings. The first-order valence-electron chi connectivity index (χ1n) is 3.90. The van der Waals surface area contributed by atoms with Crippen molar-refractivity contribution in [3.63, 3.8) is 0 Å². The molecule has 0 saturated carbocycles. The Labute approximate surface area is 77.8 Å². The number of methoxy groups -OCH3 is 1. The lowest BCUT2D eigenvalue weighted by molar-refractivity contribution is 0.411. The third kappa shape index (κ3) is 2.15. The second-order valence-corrected chi connectivity index (χ2v) is 2.47. The molecule has 0 unspecified atom stereocenters. The van der Waals surface area contributed by atoms with Crippen LogP contribution in [-0.4, -0.2) is 25.4 Å². The third-order valence-corrected chi connectivity index (χ3v) is 1.58. The maximum atomic E-state index is 5.13. The largest absolute Gasteiger partial charge is 0.494 e. The van der Waals surface area contributed by atoms with E-state index in [-0.39, 0.29) is 0 Å². The van der Waals surface area contributed by atoms with Gasteiger partial charge in [0.15, 0.2) is 0 Å². The van der Waals surface area contributed by atoms with Crippen LogP contribution in [0.25, 0.3) is 5.57 Å². The van der Waals surface area contributed by atoms with Gasteiger partial charge >= 0.3 is 0 Å². The van der Waals surface area contributed by atoms with Gasteiger partial charge in [-0.3, -0.25) is 9.98 Å². The SMILES string of the molecule is C=C(/C=N\C)c1ncccc1OC. The van der Waals surface area contributed by atoms with Gasteiger partial charge in [0.2, 0.25) is 0 Å². The molecule has 0 N–H and O–H groups in total. The van der Waals surface area contributed by atoms with Crippen molar-refractivity contribution in [1.29, 1.82) is 0 Å². The van der Waals surface area contributed by atoms with Gasteiger partial charge in [-0.2, -0.15) is 0 Å². The fourth-order valence-electron chi connectivity index (χ4n) is 1.01. The highest BCUT2D eigenvalue weighted by molar-refractivity contribution is 6.08. The molecule has 0 aliphatic rings. The number of allylic oxidation sites excluding steroid dienone is 1. The zero-order chi connectivity index (χ0) is 9.68. The van der Waals surface area contributed by atoms with Gasteiger partial charge in [0.05, 0.1) is 7.11 Å². The summed E-state index contributed by atoms with van der Waals surface area (Å²) in [7, 11) is 3.30. The van der Waals surface area contributed by atoms with E-state index >= 15 is 0 Å². The fourth-order valence-corrected chi connectivity index (χ4v) is 1.01. The van der Waals surface area contributed by atoms with Crippen molar-refractivity contribution in [2.45, 2.75) is 0 Å². The monoisotopic (exact) mass is 176 g/mol. The number of ether oxygens (including phenoxy) is 1. The standard InChI is InChI=1S/C10H12N2O/c1-8(7-11-2)10-9(13-3)5-4-6-12-10/h4-7H,1H2,2-3H3/b11-7-. The third-order valence-electron chi connectivity index (χ3n) is 1.58. The van der Waals surface area contributed by atoms with E-state index in [1.165, 1.54) is 0 Å². The molecule has 1 rings (SSSR count). The van der Waals surface area contributed by atoms with Crippen LogP contribution in [-0.2, 0) is 0 Å². The van der Waals surface area contributed by atoms with Crippen molar-refractivity contribution in [2.24, 2.45) is 4.99 Å². The van der Waals surface area contributed by atoms with E-state index in [1.54, 1.807) is 26.6 Å². The van der Waals surface area contributed by atoms with Gasteiger partial charge in [-0.1, -0.05) is 6.58 Å². The Balaban J connectivity index is 3.05. The van der Waals surface area contributed by atoms with Gasteiger partial charge in [0.25, 0.3) is 0 Å². The van der Waals surface area contributed by atoms with Crippen LogP contribution < -0.4 is 4.74 Å². The predicted molar refractivity (Wildman–Crippen MR) is 54.2 cm³/mol. The predicted octanol–water partition coefficient (Wildman–Crippen LogP) is 1.80. The van der Waals surface area contributed by atoms with Gasteiger partial charge in [-0.15, -0.1) is 0 Å². The summed E-state index contributed by atoms with van der Waals surface area (Å²) >= 11 is 0. The van der Waals surface area contributed by atoms with Gasteiger partial charge < -0.3 is 4.74 Å². The Kier molecular flexibility index (Phi) is 3.20. The zero-order valence-electron chi connectivity index (χ0n) is 7.82. The van der Waals surface area contributed by atoms with Crippen LogP contribution in [0, 0.1) is 0 Å². The summed E-state index contributed by atoms with van der Waals surface area (Å²) in [4.78, 5) is 8.02. The highest BCUT2D eigenvalue weighted by Gasteiger charge is 2.04. The van der Waals surface area contributed by atoms with E-state index in [1.807, 2.05) is 12.1 Å². The summed E-state index contributed by atoms with van der Waals surface area (Å²) in [6.45, 7) is 3.83. The summed E-state index contributed by atoms with van der Waals surface area (Å²) in [5.74, 6) is 0.715. The number of rotatable bonds is 3. The lowest BCUT2D eigenvalue weighted by Gasteiger charge is -2.05. The Morgan fingerprint density at radius 2 is 2.46 bits per heavy atom. The molecule has 0 spiro atoms. The first-order chi connectivity index (χ1) is 6.29. The van der Waals surface area contributed by atoms with Crippen LogP contribution in [0.4, 0.5) is 0 Å². The summed E-state index contributed by atoms with van der Waals surface area (Å²) < 4.78 is 5.13. The average Bonchev–Trinajstić information content (AvgIpc) is 2.18. The minimum atomic E-state index is 0.715. The van der Waals surface area contributed by atoms with E-state index < -0.39 is 0 Å². The van der Waals surface area contributed by atoms with Crippen molar-refractivity contribution in [2.75, 3.05) is 14.2 Å². The fraction of sp³-hybridized carbons (Fsp3) is 0.200. The van der Waals surface area contributed by atoms with E-state index in [0.29, 0.717) is 5.75 Å². The molecule has 3 nitrogen and oxygen atoms in total. The van der Waals surface area contributed by atoms with Crippen LogP contribution in [0.2, 0.25) is 0 Å². The molecule has 0 aliphatic carbocycles. The Bertz CT molecular complexity index is 331. The first kappa shape index (κ1) is 9.45. The highest BCUT2D eigenvalue weighted by Crippen LogP contribution is 2.20. The minimum Gasteiger partial charge on any atom is -0.494 e. The maximum absolute atomic E-state index is 5.13. The molecule has 0 aliphatic heterocycles. The van der Waals surface area contributed by atoms with Gasteiger partial charge in [0.1, 0.15) is 11.4 Å². The second kappa shape index (κ2) is 4.40. The Morgan fingerprint density at radius 1 is 1.69 bits per heavy atom. The summed E-state index contributed by atoms with van der Waals surface area (Å²) in [5, 5.41) is 0.